The van der Waals surface area contributed by atoms with E-state index in [1.54, 1.807) is 6.20 Å². The molecule has 0 bridgehead atoms. The van der Waals surface area contributed by atoms with E-state index in [9.17, 15) is 4.79 Å². The summed E-state index contributed by atoms with van der Waals surface area (Å²) in [4.78, 5) is 20.9. The first kappa shape index (κ1) is 21.3. The number of hydrogen-bond donors (Lipinski definition) is 1. The average molecular weight is 423 g/mol. The molecule has 1 heterocycles. The molecule has 1 N–H and O–H groups in total. The van der Waals surface area contributed by atoms with E-state index in [0.717, 1.165) is 42.5 Å². The summed E-state index contributed by atoms with van der Waals surface area (Å²) in [6.45, 7) is 0.268. The number of ether oxygens (including phenoxy) is 1. The fourth-order valence-electron chi connectivity index (χ4n) is 4.71. The van der Waals surface area contributed by atoms with Crippen LogP contribution in [0.25, 0.3) is 0 Å². The molecular weight excluding hydrogens is 392 g/mol. The quantitative estimate of drug-likeness (QED) is 0.470. The van der Waals surface area contributed by atoms with Crippen molar-refractivity contribution in [2.75, 3.05) is 13.2 Å². The van der Waals surface area contributed by atoms with Gasteiger partial charge in [-0.1, -0.05) is 43.0 Å². The molecule has 0 radical (unpaired) electrons. The van der Waals surface area contributed by atoms with E-state index in [4.69, 9.17) is 14.7 Å². The van der Waals surface area contributed by atoms with Crippen LogP contribution in [-0.4, -0.2) is 35.0 Å². The van der Waals surface area contributed by atoms with Crippen molar-refractivity contribution in [3.8, 4) is 5.75 Å². The van der Waals surface area contributed by atoms with Gasteiger partial charge in [0.2, 0.25) is 0 Å². The number of rotatable bonds is 9. The Morgan fingerprint density at radius 3 is 2.77 bits per heavy atom. The van der Waals surface area contributed by atoms with Crippen LogP contribution in [-0.2, 0) is 22.5 Å². The number of carboxylic acids is 1. The van der Waals surface area contributed by atoms with Gasteiger partial charge in [0.05, 0.1) is 5.71 Å². The van der Waals surface area contributed by atoms with Crippen LogP contribution >= 0.6 is 0 Å². The molecule has 2 aliphatic rings. The maximum Gasteiger partial charge on any atom is 0.341 e. The van der Waals surface area contributed by atoms with Crippen molar-refractivity contribution in [2.24, 2.45) is 17.0 Å². The summed E-state index contributed by atoms with van der Waals surface area (Å²) in [6.07, 6.45) is 12.5. The molecule has 1 fully saturated rings. The predicted octanol–water partition coefficient (Wildman–Crippen LogP) is 4.65. The van der Waals surface area contributed by atoms with Gasteiger partial charge < -0.3 is 14.7 Å². The second-order valence-corrected chi connectivity index (χ2v) is 8.62. The highest BCUT2D eigenvalue weighted by Gasteiger charge is 2.23. The summed E-state index contributed by atoms with van der Waals surface area (Å²) in [5, 5.41) is 13.4. The van der Waals surface area contributed by atoms with Crippen LogP contribution in [0.5, 0.6) is 5.75 Å². The standard InChI is InChI=1S/C25H30N2O4/c28-25(29)17-30-24-9-3-7-20-13-19(10-11-22(20)24)16-31-27-23(14-18-5-1-2-6-18)21-8-4-12-26-15-21/h3-4,7-9,12,15,18-19H,1-2,5-6,10-11,13-14,16-17H2,(H,28,29)/b27-23-. The van der Waals surface area contributed by atoms with Crippen LogP contribution in [0.1, 0.15) is 55.2 Å². The Balaban J connectivity index is 1.37. The van der Waals surface area contributed by atoms with Crippen molar-refractivity contribution < 1.29 is 19.5 Å². The van der Waals surface area contributed by atoms with Gasteiger partial charge in [0.1, 0.15) is 12.4 Å². The van der Waals surface area contributed by atoms with E-state index in [-0.39, 0.29) is 6.61 Å². The molecule has 0 aliphatic heterocycles. The van der Waals surface area contributed by atoms with Gasteiger partial charge in [-0.25, -0.2) is 4.79 Å². The zero-order valence-electron chi connectivity index (χ0n) is 17.8. The van der Waals surface area contributed by atoms with Gasteiger partial charge in [0.25, 0.3) is 0 Å². The summed E-state index contributed by atoms with van der Waals surface area (Å²) < 4.78 is 5.47. The third-order valence-electron chi connectivity index (χ3n) is 6.33. The third-order valence-corrected chi connectivity index (χ3v) is 6.33. The Hall–Kier alpha value is -2.89. The fraction of sp³-hybridized carbons (Fsp3) is 0.480. The number of aliphatic carboxylic acids is 1. The molecule has 0 spiro atoms. The minimum atomic E-state index is -0.959. The van der Waals surface area contributed by atoms with Crippen LogP contribution < -0.4 is 4.74 Å². The third kappa shape index (κ3) is 5.84. The van der Waals surface area contributed by atoms with Gasteiger partial charge in [-0.15, -0.1) is 0 Å². The minimum absolute atomic E-state index is 0.310. The number of pyridine rings is 1. The monoisotopic (exact) mass is 422 g/mol. The van der Waals surface area contributed by atoms with Crippen LogP contribution in [0.4, 0.5) is 0 Å². The number of benzene rings is 1. The molecular formula is C25H30N2O4. The van der Waals surface area contributed by atoms with Gasteiger partial charge in [0, 0.05) is 23.9 Å². The maximum atomic E-state index is 10.8. The van der Waals surface area contributed by atoms with Crippen molar-refractivity contribution in [3.63, 3.8) is 0 Å². The van der Waals surface area contributed by atoms with Crippen molar-refractivity contribution in [3.05, 3.63) is 59.4 Å². The predicted molar refractivity (Wildman–Crippen MR) is 118 cm³/mol. The lowest BCUT2D eigenvalue weighted by atomic mass is 9.84. The Kier molecular flexibility index (Phi) is 7.18. The van der Waals surface area contributed by atoms with Gasteiger partial charge in [-0.3, -0.25) is 4.98 Å². The van der Waals surface area contributed by atoms with E-state index in [1.807, 2.05) is 24.4 Å². The van der Waals surface area contributed by atoms with Crippen LogP contribution in [0.2, 0.25) is 0 Å². The first-order valence-electron chi connectivity index (χ1n) is 11.2. The summed E-state index contributed by atoms with van der Waals surface area (Å²) in [7, 11) is 0. The van der Waals surface area contributed by atoms with Crippen LogP contribution in [0.3, 0.4) is 0 Å². The molecule has 164 valence electrons. The van der Waals surface area contributed by atoms with Crippen molar-refractivity contribution in [1.29, 1.82) is 0 Å². The van der Waals surface area contributed by atoms with Gasteiger partial charge >= 0.3 is 5.97 Å². The van der Waals surface area contributed by atoms with Gasteiger partial charge in [0.15, 0.2) is 6.61 Å². The number of nitrogens with zero attached hydrogens (tertiary/aromatic N) is 2. The molecule has 4 rings (SSSR count). The number of oxime groups is 1. The summed E-state index contributed by atoms with van der Waals surface area (Å²) in [5.74, 6) is 0.799. The Bertz CT molecular complexity index is 907. The number of carboxylic acid groups (broad SMARTS) is 1. The highest BCUT2D eigenvalue weighted by molar-refractivity contribution is 6.00. The highest BCUT2D eigenvalue weighted by atomic mass is 16.6. The number of hydrogen-bond acceptors (Lipinski definition) is 5. The molecule has 0 saturated heterocycles. The molecule has 0 amide bonds. The Morgan fingerprint density at radius 1 is 1.13 bits per heavy atom. The number of carbonyl (C=O) groups is 1. The molecule has 31 heavy (non-hydrogen) atoms. The zero-order valence-corrected chi connectivity index (χ0v) is 17.8. The van der Waals surface area contributed by atoms with Gasteiger partial charge in [-0.05, 0) is 60.9 Å². The van der Waals surface area contributed by atoms with E-state index in [1.165, 1.54) is 31.2 Å². The number of aromatic nitrogens is 1. The molecule has 6 heteroatoms. The molecule has 6 nitrogen and oxygen atoms in total. The van der Waals surface area contributed by atoms with E-state index in [2.05, 4.69) is 22.3 Å². The average Bonchev–Trinajstić information content (AvgIpc) is 3.30. The molecule has 1 aromatic carbocycles. The molecule has 1 atom stereocenters. The SMILES string of the molecule is O=C(O)COc1cccc2c1CCC(CO/N=C(/CC1CCCC1)c1cccnc1)C2. The van der Waals surface area contributed by atoms with E-state index < -0.39 is 5.97 Å². The Labute approximate surface area is 183 Å². The fourth-order valence-corrected chi connectivity index (χ4v) is 4.71. The molecule has 1 unspecified atom stereocenters. The molecule has 1 saturated carbocycles. The first-order valence-corrected chi connectivity index (χ1v) is 11.2. The second kappa shape index (κ2) is 10.4. The van der Waals surface area contributed by atoms with E-state index in [0.29, 0.717) is 24.2 Å². The van der Waals surface area contributed by atoms with Gasteiger partial charge in [-0.2, -0.15) is 0 Å². The highest BCUT2D eigenvalue weighted by Crippen LogP contribution is 2.33. The number of fused-ring (bicyclic) bond motifs is 1. The maximum absolute atomic E-state index is 10.8. The molecule has 2 aliphatic carbocycles. The normalized spacial score (nSPS) is 19.1. The topological polar surface area (TPSA) is 81.0 Å². The largest absolute Gasteiger partial charge is 0.482 e. The second-order valence-electron chi connectivity index (χ2n) is 8.62. The van der Waals surface area contributed by atoms with Crippen molar-refractivity contribution in [2.45, 2.75) is 51.4 Å². The zero-order chi connectivity index (χ0) is 21.5. The minimum Gasteiger partial charge on any atom is -0.482 e. The van der Waals surface area contributed by atoms with Crippen LogP contribution in [0.15, 0.2) is 47.9 Å². The first-order chi connectivity index (χ1) is 15.2. The molecule has 2 aromatic rings. The molecule has 1 aromatic heterocycles. The van der Waals surface area contributed by atoms with E-state index >= 15 is 0 Å². The summed E-state index contributed by atoms with van der Waals surface area (Å²) >= 11 is 0. The van der Waals surface area contributed by atoms with Crippen LogP contribution in [0, 0.1) is 11.8 Å². The van der Waals surface area contributed by atoms with Crippen molar-refractivity contribution >= 4 is 11.7 Å². The summed E-state index contributed by atoms with van der Waals surface area (Å²) in [5.41, 5.74) is 4.38. The smallest absolute Gasteiger partial charge is 0.341 e. The summed E-state index contributed by atoms with van der Waals surface area (Å²) in [6, 6.07) is 9.88. The van der Waals surface area contributed by atoms with Crippen molar-refractivity contribution in [1.82, 2.24) is 4.98 Å². The Morgan fingerprint density at radius 2 is 2.00 bits per heavy atom. The lowest BCUT2D eigenvalue weighted by Gasteiger charge is -2.25. The lowest BCUT2D eigenvalue weighted by Crippen LogP contribution is -2.20. The lowest BCUT2D eigenvalue weighted by molar-refractivity contribution is -0.139.